The monoisotopic (exact) mass is 281 g/mol. The molecule has 0 saturated carbocycles. The summed E-state index contributed by atoms with van der Waals surface area (Å²) >= 11 is 0. The zero-order valence-corrected chi connectivity index (χ0v) is 12.5. The minimum Gasteiger partial charge on any atom is -0.491 e. The van der Waals surface area contributed by atoms with Gasteiger partial charge < -0.3 is 19.9 Å². The van der Waals surface area contributed by atoms with Gasteiger partial charge in [-0.1, -0.05) is 18.2 Å². The SMILES string of the molecule is CC(C)OCCCCNCC(O)COc1ccccc1. The number of nitrogens with one attached hydrogen (secondary N) is 1. The van der Waals surface area contributed by atoms with Crippen LogP contribution >= 0.6 is 0 Å². The van der Waals surface area contributed by atoms with Crippen molar-refractivity contribution in [3.05, 3.63) is 30.3 Å². The van der Waals surface area contributed by atoms with E-state index in [1.165, 1.54) is 0 Å². The smallest absolute Gasteiger partial charge is 0.119 e. The molecule has 2 N–H and O–H groups in total. The van der Waals surface area contributed by atoms with Crippen LogP contribution in [-0.2, 0) is 4.74 Å². The second-order valence-electron chi connectivity index (χ2n) is 5.11. The quantitative estimate of drug-likeness (QED) is 0.611. The van der Waals surface area contributed by atoms with E-state index in [0.29, 0.717) is 19.3 Å². The number of unbranched alkanes of at least 4 members (excludes halogenated alkanes) is 1. The molecule has 0 heterocycles. The van der Waals surface area contributed by atoms with Crippen molar-refractivity contribution in [2.24, 2.45) is 0 Å². The van der Waals surface area contributed by atoms with Gasteiger partial charge in [0.1, 0.15) is 18.5 Å². The van der Waals surface area contributed by atoms with Gasteiger partial charge in [-0.25, -0.2) is 0 Å². The fourth-order valence-electron chi connectivity index (χ4n) is 1.71. The maximum absolute atomic E-state index is 9.77. The molecule has 0 radical (unpaired) electrons. The van der Waals surface area contributed by atoms with Gasteiger partial charge in [-0.15, -0.1) is 0 Å². The molecule has 0 fully saturated rings. The number of aliphatic hydroxyl groups is 1. The third-order valence-electron chi connectivity index (χ3n) is 2.76. The average molecular weight is 281 g/mol. The number of rotatable bonds is 11. The highest BCUT2D eigenvalue weighted by Gasteiger charge is 2.04. The average Bonchev–Trinajstić information content (AvgIpc) is 2.45. The second kappa shape index (κ2) is 10.7. The first-order valence-corrected chi connectivity index (χ1v) is 7.36. The fraction of sp³-hybridized carbons (Fsp3) is 0.625. The zero-order chi connectivity index (χ0) is 14.6. The van der Waals surface area contributed by atoms with E-state index in [0.717, 1.165) is 31.7 Å². The summed E-state index contributed by atoms with van der Waals surface area (Å²) in [6.07, 6.45) is 1.92. The van der Waals surface area contributed by atoms with Gasteiger partial charge in [0, 0.05) is 13.2 Å². The predicted molar refractivity (Wildman–Crippen MR) is 81.1 cm³/mol. The minimum absolute atomic E-state index is 0.305. The third-order valence-corrected chi connectivity index (χ3v) is 2.76. The summed E-state index contributed by atoms with van der Waals surface area (Å²) in [6.45, 7) is 6.65. The Morgan fingerprint density at radius 1 is 1.15 bits per heavy atom. The van der Waals surface area contributed by atoms with Crippen LogP contribution in [0.1, 0.15) is 26.7 Å². The van der Waals surface area contributed by atoms with E-state index in [9.17, 15) is 5.11 Å². The van der Waals surface area contributed by atoms with Gasteiger partial charge >= 0.3 is 0 Å². The number of hydrogen-bond acceptors (Lipinski definition) is 4. The Kier molecular flexibility index (Phi) is 9.04. The maximum atomic E-state index is 9.77. The van der Waals surface area contributed by atoms with Crippen LogP contribution in [0.25, 0.3) is 0 Å². The van der Waals surface area contributed by atoms with Crippen molar-refractivity contribution in [2.45, 2.75) is 38.9 Å². The highest BCUT2D eigenvalue weighted by molar-refractivity contribution is 5.20. The van der Waals surface area contributed by atoms with Crippen molar-refractivity contribution >= 4 is 0 Å². The summed E-state index contributed by atoms with van der Waals surface area (Å²) in [5.74, 6) is 0.789. The van der Waals surface area contributed by atoms with E-state index in [2.05, 4.69) is 5.32 Å². The molecule has 0 aliphatic rings. The van der Waals surface area contributed by atoms with Gasteiger partial charge in [-0.2, -0.15) is 0 Å². The topological polar surface area (TPSA) is 50.7 Å². The van der Waals surface area contributed by atoms with Crippen LogP contribution in [0.5, 0.6) is 5.75 Å². The van der Waals surface area contributed by atoms with E-state index < -0.39 is 6.10 Å². The Morgan fingerprint density at radius 2 is 1.90 bits per heavy atom. The third kappa shape index (κ3) is 8.91. The Hall–Kier alpha value is -1.10. The Morgan fingerprint density at radius 3 is 2.60 bits per heavy atom. The summed E-state index contributed by atoms with van der Waals surface area (Å²) in [7, 11) is 0. The van der Waals surface area contributed by atoms with Crippen molar-refractivity contribution < 1.29 is 14.6 Å². The van der Waals surface area contributed by atoms with Crippen LogP contribution < -0.4 is 10.1 Å². The molecule has 0 amide bonds. The lowest BCUT2D eigenvalue weighted by Crippen LogP contribution is -2.32. The molecule has 0 aromatic heterocycles. The molecule has 4 heteroatoms. The van der Waals surface area contributed by atoms with Crippen LogP contribution in [0, 0.1) is 0 Å². The molecule has 0 aliphatic carbocycles. The molecular weight excluding hydrogens is 254 g/mol. The molecule has 1 atom stereocenters. The highest BCUT2D eigenvalue weighted by atomic mass is 16.5. The van der Waals surface area contributed by atoms with E-state index in [4.69, 9.17) is 9.47 Å². The van der Waals surface area contributed by atoms with Crippen molar-refractivity contribution in [1.82, 2.24) is 5.32 Å². The minimum atomic E-state index is -0.484. The Bertz CT molecular complexity index is 330. The first-order chi connectivity index (χ1) is 9.68. The first kappa shape index (κ1) is 17.0. The fourth-order valence-corrected chi connectivity index (χ4v) is 1.71. The molecule has 0 saturated heterocycles. The predicted octanol–water partition coefficient (Wildman–Crippen LogP) is 2.22. The van der Waals surface area contributed by atoms with Crippen LogP contribution in [-0.4, -0.2) is 43.6 Å². The van der Waals surface area contributed by atoms with Crippen LogP contribution in [0.2, 0.25) is 0 Å². The molecule has 0 spiro atoms. The lowest BCUT2D eigenvalue weighted by atomic mass is 10.3. The largest absolute Gasteiger partial charge is 0.491 e. The summed E-state index contributed by atoms with van der Waals surface area (Å²) in [5.41, 5.74) is 0. The van der Waals surface area contributed by atoms with Gasteiger partial charge in [0.05, 0.1) is 6.10 Å². The van der Waals surface area contributed by atoms with E-state index in [-0.39, 0.29) is 0 Å². The molecule has 1 aromatic rings. The van der Waals surface area contributed by atoms with Crippen LogP contribution in [0.15, 0.2) is 30.3 Å². The van der Waals surface area contributed by atoms with Gasteiger partial charge in [0.2, 0.25) is 0 Å². The Balaban J connectivity index is 1.94. The molecule has 1 rings (SSSR count). The number of ether oxygens (including phenoxy) is 2. The first-order valence-electron chi connectivity index (χ1n) is 7.36. The van der Waals surface area contributed by atoms with Crippen LogP contribution in [0.3, 0.4) is 0 Å². The van der Waals surface area contributed by atoms with Crippen molar-refractivity contribution in [2.75, 3.05) is 26.3 Å². The van der Waals surface area contributed by atoms with Gasteiger partial charge in [0.15, 0.2) is 0 Å². The summed E-state index contributed by atoms with van der Waals surface area (Å²) in [5, 5.41) is 13.0. The van der Waals surface area contributed by atoms with Gasteiger partial charge in [0.25, 0.3) is 0 Å². The van der Waals surface area contributed by atoms with Gasteiger partial charge in [-0.05, 0) is 45.4 Å². The molecular formula is C16H27NO3. The summed E-state index contributed by atoms with van der Waals surface area (Å²) in [6, 6.07) is 9.54. The molecule has 1 unspecified atom stereocenters. The second-order valence-corrected chi connectivity index (χ2v) is 5.11. The molecule has 1 aromatic carbocycles. The van der Waals surface area contributed by atoms with E-state index >= 15 is 0 Å². The number of para-hydroxylation sites is 1. The van der Waals surface area contributed by atoms with E-state index in [1.54, 1.807) is 0 Å². The van der Waals surface area contributed by atoms with Crippen molar-refractivity contribution in [3.63, 3.8) is 0 Å². The maximum Gasteiger partial charge on any atom is 0.119 e. The lowest BCUT2D eigenvalue weighted by molar-refractivity contribution is 0.0755. The van der Waals surface area contributed by atoms with Crippen molar-refractivity contribution in [1.29, 1.82) is 0 Å². The highest BCUT2D eigenvalue weighted by Crippen LogP contribution is 2.08. The lowest BCUT2D eigenvalue weighted by Gasteiger charge is -2.13. The molecule has 20 heavy (non-hydrogen) atoms. The zero-order valence-electron chi connectivity index (χ0n) is 12.5. The molecule has 0 bridgehead atoms. The van der Waals surface area contributed by atoms with Crippen molar-refractivity contribution in [3.8, 4) is 5.75 Å². The molecule has 0 aliphatic heterocycles. The van der Waals surface area contributed by atoms with E-state index in [1.807, 2.05) is 44.2 Å². The summed E-state index contributed by atoms with van der Waals surface area (Å²) in [4.78, 5) is 0. The van der Waals surface area contributed by atoms with Gasteiger partial charge in [-0.3, -0.25) is 0 Å². The number of aliphatic hydroxyl groups excluding tert-OH is 1. The number of benzene rings is 1. The molecule has 114 valence electrons. The standard InChI is InChI=1S/C16H27NO3/c1-14(2)19-11-7-6-10-17-12-15(18)13-20-16-8-4-3-5-9-16/h3-5,8-9,14-15,17-18H,6-7,10-13H2,1-2H3. The summed E-state index contributed by atoms with van der Waals surface area (Å²) < 4.78 is 10.9. The normalized spacial score (nSPS) is 12.6. The number of hydrogen-bond donors (Lipinski definition) is 2. The molecule has 4 nitrogen and oxygen atoms in total. The van der Waals surface area contributed by atoms with Crippen LogP contribution in [0.4, 0.5) is 0 Å². The Labute approximate surface area is 122 Å².